The molecule has 0 radical (unpaired) electrons. The summed E-state index contributed by atoms with van der Waals surface area (Å²) in [7, 11) is 0. The Bertz CT molecular complexity index is 893. The van der Waals surface area contributed by atoms with Crippen LogP contribution in [0.3, 0.4) is 0 Å². The van der Waals surface area contributed by atoms with Crippen molar-refractivity contribution in [2.24, 2.45) is 0 Å². The first-order chi connectivity index (χ1) is 9.54. The van der Waals surface area contributed by atoms with Crippen molar-refractivity contribution in [2.75, 3.05) is 5.73 Å². The van der Waals surface area contributed by atoms with E-state index in [4.69, 9.17) is 18.0 Å². The lowest BCUT2D eigenvalue weighted by molar-refractivity contribution is 0.626. The number of rotatable bonds is 2. The SMILES string of the molecule is Nc1nc2c([nH]c(=S)n2Cc2ccc(F)cc2)c(=O)[nH]1. The van der Waals surface area contributed by atoms with E-state index in [9.17, 15) is 9.18 Å². The number of fused-ring (bicyclic) bond motifs is 1. The van der Waals surface area contributed by atoms with Crippen LogP contribution < -0.4 is 11.3 Å². The van der Waals surface area contributed by atoms with Crippen LogP contribution in [0.25, 0.3) is 11.2 Å². The van der Waals surface area contributed by atoms with Gasteiger partial charge in [0, 0.05) is 0 Å². The van der Waals surface area contributed by atoms with Crippen molar-refractivity contribution in [1.29, 1.82) is 0 Å². The Morgan fingerprint density at radius 2 is 2.00 bits per heavy atom. The van der Waals surface area contributed by atoms with Gasteiger partial charge in [-0.25, -0.2) is 4.39 Å². The second kappa shape index (κ2) is 4.57. The van der Waals surface area contributed by atoms with Gasteiger partial charge in [-0.2, -0.15) is 4.98 Å². The molecule has 102 valence electrons. The number of benzene rings is 1. The first-order valence-electron chi connectivity index (χ1n) is 5.77. The fraction of sp³-hybridized carbons (Fsp3) is 0.0833. The van der Waals surface area contributed by atoms with Gasteiger partial charge in [0.25, 0.3) is 5.56 Å². The fourth-order valence-electron chi connectivity index (χ4n) is 1.98. The number of aromatic nitrogens is 4. The molecular formula is C12H10FN5OS. The van der Waals surface area contributed by atoms with Gasteiger partial charge < -0.3 is 10.7 Å². The molecule has 4 N–H and O–H groups in total. The Balaban J connectivity index is 2.16. The summed E-state index contributed by atoms with van der Waals surface area (Å²) < 4.78 is 14.9. The lowest BCUT2D eigenvalue weighted by Gasteiger charge is -2.04. The zero-order valence-corrected chi connectivity index (χ0v) is 11.0. The van der Waals surface area contributed by atoms with E-state index >= 15 is 0 Å². The number of aromatic amines is 2. The first kappa shape index (κ1) is 12.5. The smallest absolute Gasteiger partial charge is 0.278 e. The second-order valence-electron chi connectivity index (χ2n) is 4.29. The highest BCUT2D eigenvalue weighted by Gasteiger charge is 2.10. The number of hydrogen-bond acceptors (Lipinski definition) is 4. The van der Waals surface area contributed by atoms with Crippen molar-refractivity contribution in [3.63, 3.8) is 0 Å². The van der Waals surface area contributed by atoms with Crippen LogP contribution in [0.1, 0.15) is 5.56 Å². The topological polar surface area (TPSA) is 92.5 Å². The lowest BCUT2D eigenvalue weighted by atomic mass is 10.2. The minimum Gasteiger partial charge on any atom is -0.369 e. The van der Waals surface area contributed by atoms with Gasteiger partial charge in [0.2, 0.25) is 5.95 Å². The standard InChI is InChI=1S/C12H10FN5OS/c13-7-3-1-6(2-4-7)5-18-9-8(15-12(18)20)10(19)17-11(14)16-9/h1-4H,5H2,(H,15,20)(H3,14,16,17,19). The van der Waals surface area contributed by atoms with Crippen LogP contribution in [0.4, 0.5) is 10.3 Å². The molecule has 0 amide bonds. The number of nitrogens with two attached hydrogens (primary N) is 1. The van der Waals surface area contributed by atoms with E-state index in [1.54, 1.807) is 16.7 Å². The molecule has 0 saturated carbocycles. The van der Waals surface area contributed by atoms with Crippen molar-refractivity contribution in [3.8, 4) is 0 Å². The maximum absolute atomic E-state index is 12.9. The number of nitrogens with one attached hydrogen (secondary N) is 2. The monoisotopic (exact) mass is 291 g/mol. The molecule has 0 aliphatic heterocycles. The molecule has 3 rings (SSSR count). The van der Waals surface area contributed by atoms with E-state index in [1.165, 1.54) is 12.1 Å². The van der Waals surface area contributed by atoms with Crippen molar-refractivity contribution in [1.82, 2.24) is 19.5 Å². The third-order valence-electron chi connectivity index (χ3n) is 2.91. The van der Waals surface area contributed by atoms with E-state index in [-0.39, 0.29) is 22.8 Å². The van der Waals surface area contributed by atoms with Crippen molar-refractivity contribution in [2.45, 2.75) is 6.54 Å². The Labute approximate surface area is 117 Å². The van der Waals surface area contributed by atoms with Crippen molar-refractivity contribution < 1.29 is 4.39 Å². The summed E-state index contributed by atoms with van der Waals surface area (Å²) >= 11 is 5.18. The molecule has 1 aromatic carbocycles. The zero-order chi connectivity index (χ0) is 14.3. The molecule has 0 fully saturated rings. The number of nitrogens with zero attached hydrogens (tertiary/aromatic N) is 2. The van der Waals surface area contributed by atoms with Gasteiger partial charge >= 0.3 is 0 Å². The molecular weight excluding hydrogens is 281 g/mol. The van der Waals surface area contributed by atoms with Gasteiger partial charge in [0.1, 0.15) is 5.82 Å². The zero-order valence-electron chi connectivity index (χ0n) is 10.2. The second-order valence-corrected chi connectivity index (χ2v) is 4.68. The maximum Gasteiger partial charge on any atom is 0.278 e. The van der Waals surface area contributed by atoms with Crippen molar-refractivity contribution >= 4 is 29.3 Å². The number of hydrogen-bond donors (Lipinski definition) is 3. The molecule has 0 atom stereocenters. The molecule has 0 aliphatic carbocycles. The largest absolute Gasteiger partial charge is 0.369 e. The molecule has 0 saturated heterocycles. The molecule has 0 bridgehead atoms. The summed E-state index contributed by atoms with van der Waals surface area (Å²) in [6, 6.07) is 6.02. The van der Waals surface area contributed by atoms with Crippen LogP contribution in [0.15, 0.2) is 29.1 Å². The van der Waals surface area contributed by atoms with Crippen LogP contribution in [0.2, 0.25) is 0 Å². The van der Waals surface area contributed by atoms with Crippen LogP contribution in [0.5, 0.6) is 0 Å². The highest BCUT2D eigenvalue weighted by molar-refractivity contribution is 7.71. The average molecular weight is 291 g/mol. The predicted octanol–water partition coefficient (Wildman–Crippen LogP) is 1.55. The average Bonchev–Trinajstić information content (AvgIpc) is 2.70. The molecule has 0 unspecified atom stereocenters. The number of imidazole rings is 1. The molecule has 0 aliphatic rings. The molecule has 0 spiro atoms. The molecule has 3 aromatic rings. The van der Waals surface area contributed by atoms with Gasteiger partial charge in [0.05, 0.1) is 6.54 Å². The van der Waals surface area contributed by atoms with Crippen molar-refractivity contribution in [3.05, 3.63) is 50.8 Å². The summed E-state index contributed by atoms with van der Waals surface area (Å²) in [5.41, 5.74) is 6.64. The Morgan fingerprint density at radius 3 is 2.70 bits per heavy atom. The normalized spacial score (nSPS) is 11.1. The minimum absolute atomic E-state index is 0.0179. The van der Waals surface area contributed by atoms with Gasteiger partial charge in [-0.05, 0) is 29.9 Å². The van der Waals surface area contributed by atoms with Gasteiger partial charge in [-0.1, -0.05) is 12.1 Å². The predicted molar refractivity (Wildman–Crippen MR) is 75.5 cm³/mol. The lowest BCUT2D eigenvalue weighted by Crippen LogP contribution is -2.12. The van der Waals surface area contributed by atoms with Gasteiger partial charge in [-0.3, -0.25) is 14.3 Å². The molecule has 20 heavy (non-hydrogen) atoms. The van der Waals surface area contributed by atoms with Gasteiger partial charge in [0.15, 0.2) is 15.9 Å². The summed E-state index contributed by atoms with van der Waals surface area (Å²) in [5, 5.41) is 0. The third-order valence-corrected chi connectivity index (χ3v) is 3.23. The summed E-state index contributed by atoms with van der Waals surface area (Å²) in [6.07, 6.45) is 0. The van der Waals surface area contributed by atoms with E-state index in [0.717, 1.165) is 5.56 Å². The molecule has 8 heteroatoms. The van der Waals surface area contributed by atoms with Crippen LogP contribution >= 0.6 is 12.2 Å². The number of halogens is 1. The van der Waals surface area contributed by atoms with E-state index in [1.807, 2.05) is 0 Å². The number of anilines is 1. The Hall–Kier alpha value is -2.48. The number of nitrogen functional groups attached to an aromatic ring is 1. The Morgan fingerprint density at radius 1 is 1.30 bits per heavy atom. The highest BCUT2D eigenvalue weighted by atomic mass is 32.1. The third kappa shape index (κ3) is 2.10. The summed E-state index contributed by atoms with van der Waals surface area (Å²) in [6.45, 7) is 0.370. The number of H-pyrrole nitrogens is 2. The van der Waals surface area contributed by atoms with Gasteiger partial charge in [-0.15, -0.1) is 0 Å². The summed E-state index contributed by atoms with van der Waals surface area (Å²) in [4.78, 5) is 21.0. The van der Waals surface area contributed by atoms with Crippen LogP contribution in [-0.4, -0.2) is 19.5 Å². The van der Waals surface area contributed by atoms with Crippen LogP contribution in [-0.2, 0) is 6.54 Å². The van der Waals surface area contributed by atoms with E-state index < -0.39 is 0 Å². The molecule has 2 aromatic heterocycles. The molecule has 2 heterocycles. The quantitative estimate of drug-likeness (QED) is 0.625. The van der Waals surface area contributed by atoms with Crippen LogP contribution in [0, 0.1) is 10.6 Å². The molecule has 6 nitrogen and oxygen atoms in total. The van der Waals surface area contributed by atoms with E-state index in [0.29, 0.717) is 17.0 Å². The Kier molecular flexibility index (Phi) is 2.87. The fourth-order valence-corrected chi connectivity index (χ4v) is 2.23. The first-order valence-corrected chi connectivity index (χ1v) is 6.18. The maximum atomic E-state index is 12.9. The summed E-state index contributed by atoms with van der Waals surface area (Å²) in [5.74, 6) is -0.292. The van der Waals surface area contributed by atoms with E-state index in [2.05, 4.69) is 15.0 Å². The highest BCUT2D eigenvalue weighted by Crippen LogP contribution is 2.12. The minimum atomic E-state index is -0.378.